The van der Waals surface area contributed by atoms with Crippen LogP contribution in [0.4, 0.5) is 0 Å². The van der Waals surface area contributed by atoms with Gasteiger partial charge in [0.15, 0.2) is 4.21 Å². The van der Waals surface area contributed by atoms with E-state index in [1.165, 1.54) is 10.4 Å². The van der Waals surface area contributed by atoms with Crippen LogP contribution in [0.15, 0.2) is 15.7 Å². The van der Waals surface area contributed by atoms with Gasteiger partial charge in [0.1, 0.15) is 6.07 Å². The highest BCUT2D eigenvalue weighted by molar-refractivity contribution is 7.91. The summed E-state index contributed by atoms with van der Waals surface area (Å²) >= 11 is 1.09. The van der Waals surface area contributed by atoms with Gasteiger partial charge in [-0.2, -0.15) is 9.57 Å². The molecule has 82 valence electrons. The highest BCUT2D eigenvalue weighted by Gasteiger charge is 2.25. The van der Waals surface area contributed by atoms with Crippen molar-refractivity contribution in [2.24, 2.45) is 0 Å². The molecule has 6 heteroatoms. The van der Waals surface area contributed by atoms with Crippen LogP contribution in [0.1, 0.15) is 19.4 Å². The van der Waals surface area contributed by atoms with Crippen molar-refractivity contribution in [3.63, 3.8) is 0 Å². The molecule has 0 aliphatic heterocycles. The molecule has 0 atom stereocenters. The van der Waals surface area contributed by atoms with E-state index in [9.17, 15) is 8.42 Å². The molecule has 0 saturated carbocycles. The molecule has 0 fully saturated rings. The lowest BCUT2D eigenvalue weighted by molar-refractivity contribution is 0.446. The maximum Gasteiger partial charge on any atom is 0.253 e. The van der Waals surface area contributed by atoms with E-state index < -0.39 is 10.0 Å². The van der Waals surface area contributed by atoms with Crippen LogP contribution in [0.2, 0.25) is 0 Å². The van der Waals surface area contributed by atoms with Gasteiger partial charge in [-0.1, -0.05) is 13.8 Å². The Kier molecular flexibility index (Phi) is 3.85. The predicted octanol–water partition coefficient (Wildman–Crippen LogP) is 1.65. The minimum Gasteiger partial charge on any atom is -0.206 e. The summed E-state index contributed by atoms with van der Waals surface area (Å²) in [5.41, 5.74) is 0.229. The van der Waals surface area contributed by atoms with E-state index in [2.05, 4.69) is 0 Å². The quantitative estimate of drug-likeness (QED) is 0.809. The van der Waals surface area contributed by atoms with Crippen molar-refractivity contribution < 1.29 is 8.42 Å². The minimum atomic E-state index is -3.47. The van der Waals surface area contributed by atoms with Crippen molar-refractivity contribution in [3.05, 3.63) is 17.0 Å². The maximum atomic E-state index is 12.0. The first-order valence-electron chi connectivity index (χ1n) is 4.55. The van der Waals surface area contributed by atoms with Crippen molar-refractivity contribution >= 4 is 21.4 Å². The monoisotopic (exact) mass is 244 g/mol. The Bertz CT molecular complexity index is 467. The molecule has 1 rings (SSSR count). The minimum absolute atomic E-state index is 0.147. The van der Waals surface area contributed by atoms with Gasteiger partial charge in [-0.15, -0.1) is 11.3 Å². The first-order valence-corrected chi connectivity index (χ1v) is 6.87. The molecule has 4 nitrogen and oxygen atoms in total. The zero-order valence-electron chi connectivity index (χ0n) is 8.60. The van der Waals surface area contributed by atoms with Crippen molar-refractivity contribution in [3.8, 4) is 6.07 Å². The SMILES string of the molecule is CCN(CC)S(=O)(=O)c1sccc1C#N. The van der Waals surface area contributed by atoms with Crippen LogP contribution in [-0.4, -0.2) is 25.8 Å². The summed E-state index contributed by atoms with van der Waals surface area (Å²) in [6.07, 6.45) is 0. The fourth-order valence-corrected chi connectivity index (χ4v) is 4.10. The molecule has 0 saturated heterocycles. The predicted molar refractivity (Wildman–Crippen MR) is 59.1 cm³/mol. The third-order valence-corrected chi connectivity index (χ3v) is 5.54. The molecular formula is C9H12N2O2S2. The topological polar surface area (TPSA) is 61.2 Å². The first kappa shape index (κ1) is 12.2. The number of hydrogen-bond donors (Lipinski definition) is 0. The summed E-state index contributed by atoms with van der Waals surface area (Å²) < 4.78 is 25.5. The van der Waals surface area contributed by atoms with Crippen LogP contribution >= 0.6 is 11.3 Å². The first-order chi connectivity index (χ1) is 7.07. The number of sulfonamides is 1. The van der Waals surface area contributed by atoms with Gasteiger partial charge in [0.25, 0.3) is 10.0 Å². The molecule has 0 radical (unpaired) electrons. The van der Waals surface area contributed by atoms with Gasteiger partial charge in [0.2, 0.25) is 0 Å². The van der Waals surface area contributed by atoms with Gasteiger partial charge in [0, 0.05) is 13.1 Å². The van der Waals surface area contributed by atoms with E-state index in [1.54, 1.807) is 19.2 Å². The average Bonchev–Trinajstić information content (AvgIpc) is 2.67. The van der Waals surface area contributed by atoms with Gasteiger partial charge in [-0.3, -0.25) is 0 Å². The Labute approximate surface area is 93.8 Å². The lowest BCUT2D eigenvalue weighted by Crippen LogP contribution is -2.30. The number of thiophene rings is 1. The Balaban J connectivity index is 3.23. The molecule has 1 aromatic heterocycles. The van der Waals surface area contributed by atoms with Crippen LogP contribution in [0.5, 0.6) is 0 Å². The van der Waals surface area contributed by atoms with Gasteiger partial charge in [-0.05, 0) is 11.4 Å². The van der Waals surface area contributed by atoms with Crippen LogP contribution in [-0.2, 0) is 10.0 Å². The molecule has 0 aliphatic carbocycles. The Morgan fingerprint density at radius 1 is 1.47 bits per heavy atom. The molecule has 15 heavy (non-hydrogen) atoms. The lowest BCUT2D eigenvalue weighted by atomic mass is 10.4. The van der Waals surface area contributed by atoms with Gasteiger partial charge >= 0.3 is 0 Å². The Morgan fingerprint density at radius 3 is 2.53 bits per heavy atom. The van der Waals surface area contributed by atoms with Gasteiger partial charge in [0.05, 0.1) is 5.56 Å². The Hall–Kier alpha value is -0.900. The second kappa shape index (κ2) is 4.75. The fraction of sp³-hybridized carbons (Fsp3) is 0.444. The molecule has 0 aromatic carbocycles. The highest BCUT2D eigenvalue weighted by atomic mass is 32.2. The summed E-state index contributed by atoms with van der Waals surface area (Å²) in [6.45, 7) is 4.39. The van der Waals surface area contributed by atoms with Crippen molar-refractivity contribution in [1.82, 2.24) is 4.31 Å². The van der Waals surface area contributed by atoms with E-state index in [0.717, 1.165) is 11.3 Å². The number of hydrogen-bond acceptors (Lipinski definition) is 4. The van der Waals surface area contributed by atoms with Crippen LogP contribution in [0, 0.1) is 11.3 Å². The summed E-state index contributed by atoms with van der Waals surface area (Å²) in [5, 5.41) is 10.4. The molecule has 0 aliphatic rings. The molecule has 0 unspecified atom stereocenters. The third kappa shape index (κ3) is 2.20. The number of nitrogens with zero attached hydrogens (tertiary/aromatic N) is 2. The zero-order chi connectivity index (χ0) is 11.5. The average molecular weight is 244 g/mol. The van der Waals surface area contributed by atoms with Crippen molar-refractivity contribution in [2.75, 3.05) is 13.1 Å². The number of nitriles is 1. The fourth-order valence-electron chi connectivity index (χ4n) is 1.26. The van der Waals surface area contributed by atoms with E-state index >= 15 is 0 Å². The van der Waals surface area contributed by atoms with E-state index in [4.69, 9.17) is 5.26 Å². The highest BCUT2D eigenvalue weighted by Crippen LogP contribution is 2.25. The normalized spacial score (nSPS) is 11.6. The molecule has 1 heterocycles. The number of rotatable bonds is 4. The van der Waals surface area contributed by atoms with Crippen LogP contribution < -0.4 is 0 Å². The molecule has 0 amide bonds. The van der Waals surface area contributed by atoms with Crippen molar-refractivity contribution in [2.45, 2.75) is 18.1 Å². The third-order valence-electron chi connectivity index (χ3n) is 2.03. The molecular weight excluding hydrogens is 232 g/mol. The Morgan fingerprint density at radius 2 is 2.07 bits per heavy atom. The van der Waals surface area contributed by atoms with E-state index in [1.807, 2.05) is 6.07 Å². The molecule has 0 spiro atoms. The summed E-state index contributed by atoms with van der Waals surface area (Å²) in [7, 11) is -3.47. The standard InChI is InChI=1S/C9H12N2O2S2/c1-3-11(4-2)15(12,13)9-8(7-10)5-6-14-9/h5-6H,3-4H2,1-2H3. The molecule has 0 bridgehead atoms. The summed E-state index contributed by atoms with van der Waals surface area (Å²) in [4.78, 5) is 0. The molecule has 0 N–H and O–H groups in total. The van der Waals surface area contributed by atoms with Crippen LogP contribution in [0.3, 0.4) is 0 Å². The second-order valence-electron chi connectivity index (χ2n) is 2.82. The zero-order valence-corrected chi connectivity index (χ0v) is 10.2. The summed E-state index contributed by atoms with van der Waals surface area (Å²) in [6, 6.07) is 3.42. The van der Waals surface area contributed by atoms with Crippen molar-refractivity contribution in [1.29, 1.82) is 5.26 Å². The second-order valence-corrected chi connectivity index (χ2v) is 5.87. The lowest BCUT2D eigenvalue weighted by Gasteiger charge is -2.17. The largest absolute Gasteiger partial charge is 0.253 e. The van der Waals surface area contributed by atoms with Gasteiger partial charge < -0.3 is 0 Å². The maximum absolute atomic E-state index is 12.0. The smallest absolute Gasteiger partial charge is 0.206 e. The van der Waals surface area contributed by atoms with Gasteiger partial charge in [-0.25, -0.2) is 8.42 Å². The van der Waals surface area contributed by atoms with E-state index in [0.29, 0.717) is 13.1 Å². The van der Waals surface area contributed by atoms with Crippen LogP contribution in [0.25, 0.3) is 0 Å². The summed E-state index contributed by atoms with van der Waals surface area (Å²) in [5.74, 6) is 0. The molecule has 1 aromatic rings. The van der Waals surface area contributed by atoms with E-state index in [-0.39, 0.29) is 9.77 Å².